The minimum absolute atomic E-state index is 0.125. The molecule has 1 aliphatic rings. The molecule has 0 spiro atoms. The minimum atomic E-state index is 0.125. The van der Waals surface area contributed by atoms with Crippen molar-refractivity contribution in [3.8, 4) is 10.6 Å². The van der Waals surface area contributed by atoms with Crippen LogP contribution < -0.4 is 0 Å². The molecular weight excluding hydrogens is 370 g/mol. The third-order valence-corrected chi connectivity index (χ3v) is 6.10. The third kappa shape index (κ3) is 3.54. The fraction of sp³-hybridized carbons (Fsp3) is 0.471. The van der Waals surface area contributed by atoms with Crippen molar-refractivity contribution in [2.45, 2.75) is 39.0 Å². The summed E-state index contributed by atoms with van der Waals surface area (Å²) in [6.07, 6.45) is 2.31. The molecule has 1 fully saturated rings. The number of hydrogen-bond acceptors (Lipinski definition) is 8. The first-order valence-electron chi connectivity index (χ1n) is 8.55. The van der Waals surface area contributed by atoms with E-state index in [-0.39, 0.29) is 11.8 Å². The number of likely N-dealkylation sites (tertiary alicyclic amines) is 1. The highest BCUT2D eigenvalue weighted by molar-refractivity contribution is 7.09. The van der Waals surface area contributed by atoms with Crippen LogP contribution in [0.4, 0.5) is 0 Å². The van der Waals surface area contributed by atoms with Crippen molar-refractivity contribution in [1.29, 1.82) is 0 Å². The summed E-state index contributed by atoms with van der Waals surface area (Å²) in [5.74, 6) is 0.998. The standard InChI is InChI=1S/C17H19N5O2S2/c1-10-6-14(24-20-10)17-16(19-21-26-17)12-4-3-5-22(8-12)15(23)7-13-9-25-11(2)18-13/h6,9,12H,3-5,7-8H2,1-2H3/t12-/m1/s1. The van der Waals surface area contributed by atoms with Crippen LogP contribution in [0.3, 0.4) is 0 Å². The quantitative estimate of drug-likeness (QED) is 0.681. The van der Waals surface area contributed by atoms with E-state index in [9.17, 15) is 4.79 Å². The maximum Gasteiger partial charge on any atom is 0.228 e. The van der Waals surface area contributed by atoms with Gasteiger partial charge in [-0.1, -0.05) is 9.64 Å². The highest BCUT2D eigenvalue weighted by atomic mass is 32.1. The maximum absolute atomic E-state index is 12.7. The normalized spacial score (nSPS) is 17.6. The predicted molar refractivity (Wildman–Crippen MR) is 99.3 cm³/mol. The Kier molecular flexibility index (Phi) is 4.82. The fourth-order valence-electron chi connectivity index (χ4n) is 3.29. The fourth-order valence-corrected chi connectivity index (χ4v) is 4.60. The van der Waals surface area contributed by atoms with Crippen molar-refractivity contribution >= 4 is 28.8 Å². The Bertz CT molecular complexity index is 916. The molecule has 0 aromatic carbocycles. The number of carbonyl (C=O) groups is 1. The van der Waals surface area contributed by atoms with E-state index in [0.717, 1.165) is 46.4 Å². The molecule has 3 aromatic heterocycles. The van der Waals surface area contributed by atoms with Crippen molar-refractivity contribution in [3.05, 3.63) is 33.5 Å². The molecule has 4 rings (SSSR count). The number of piperidine rings is 1. The average molecular weight is 390 g/mol. The van der Waals surface area contributed by atoms with Gasteiger partial charge >= 0.3 is 0 Å². The van der Waals surface area contributed by atoms with Gasteiger partial charge in [-0.05, 0) is 38.2 Å². The summed E-state index contributed by atoms with van der Waals surface area (Å²) >= 11 is 2.90. The molecule has 0 radical (unpaired) electrons. The zero-order chi connectivity index (χ0) is 18.1. The molecule has 3 aromatic rings. The van der Waals surface area contributed by atoms with E-state index in [1.54, 1.807) is 11.3 Å². The van der Waals surface area contributed by atoms with Crippen LogP contribution in [0.2, 0.25) is 0 Å². The van der Waals surface area contributed by atoms with Crippen LogP contribution in [0, 0.1) is 13.8 Å². The van der Waals surface area contributed by atoms with Crippen LogP contribution in [0.15, 0.2) is 16.0 Å². The number of aromatic nitrogens is 4. The second-order valence-electron chi connectivity index (χ2n) is 6.53. The Morgan fingerprint density at radius 3 is 3.04 bits per heavy atom. The summed E-state index contributed by atoms with van der Waals surface area (Å²) in [5, 5.41) is 11.2. The Hall–Kier alpha value is -2.13. The van der Waals surface area contributed by atoms with Crippen molar-refractivity contribution in [2.24, 2.45) is 0 Å². The maximum atomic E-state index is 12.7. The summed E-state index contributed by atoms with van der Waals surface area (Å²) in [6, 6.07) is 1.90. The second kappa shape index (κ2) is 7.24. The van der Waals surface area contributed by atoms with Crippen molar-refractivity contribution in [3.63, 3.8) is 0 Å². The van der Waals surface area contributed by atoms with Gasteiger partial charge < -0.3 is 9.42 Å². The van der Waals surface area contributed by atoms with Gasteiger partial charge in [0.15, 0.2) is 5.76 Å². The van der Waals surface area contributed by atoms with Gasteiger partial charge in [-0.2, -0.15) is 0 Å². The van der Waals surface area contributed by atoms with Crippen LogP contribution in [0.5, 0.6) is 0 Å². The third-order valence-electron chi connectivity index (χ3n) is 4.52. The number of rotatable bonds is 4. The predicted octanol–water partition coefficient (Wildman–Crippen LogP) is 3.22. The van der Waals surface area contributed by atoms with E-state index in [0.29, 0.717) is 18.7 Å². The van der Waals surface area contributed by atoms with Crippen LogP contribution in [-0.2, 0) is 11.2 Å². The van der Waals surface area contributed by atoms with Gasteiger partial charge in [-0.15, -0.1) is 16.4 Å². The van der Waals surface area contributed by atoms with E-state index in [1.165, 1.54) is 11.5 Å². The van der Waals surface area contributed by atoms with E-state index >= 15 is 0 Å². The zero-order valence-corrected chi connectivity index (χ0v) is 16.3. The van der Waals surface area contributed by atoms with Gasteiger partial charge in [0.1, 0.15) is 4.88 Å². The lowest BCUT2D eigenvalue weighted by atomic mass is 9.93. The number of nitrogens with zero attached hydrogens (tertiary/aromatic N) is 5. The Morgan fingerprint density at radius 1 is 1.42 bits per heavy atom. The molecule has 136 valence electrons. The van der Waals surface area contributed by atoms with E-state index < -0.39 is 0 Å². The Morgan fingerprint density at radius 2 is 2.31 bits per heavy atom. The highest BCUT2D eigenvalue weighted by Crippen LogP contribution is 2.35. The molecule has 7 nitrogen and oxygen atoms in total. The van der Waals surface area contributed by atoms with Gasteiger partial charge in [0.2, 0.25) is 5.91 Å². The van der Waals surface area contributed by atoms with Crippen LogP contribution in [0.25, 0.3) is 10.6 Å². The molecular formula is C17H19N5O2S2. The highest BCUT2D eigenvalue weighted by Gasteiger charge is 2.30. The Labute approximate surface area is 159 Å². The van der Waals surface area contributed by atoms with Crippen molar-refractivity contribution in [2.75, 3.05) is 13.1 Å². The molecule has 0 N–H and O–H groups in total. The summed E-state index contributed by atoms with van der Waals surface area (Å²) in [4.78, 5) is 19.9. The molecule has 9 heteroatoms. The summed E-state index contributed by atoms with van der Waals surface area (Å²) < 4.78 is 9.50. The molecule has 1 saturated heterocycles. The largest absolute Gasteiger partial charge is 0.355 e. The molecule has 0 unspecified atom stereocenters. The molecule has 1 atom stereocenters. The lowest BCUT2D eigenvalue weighted by Crippen LogP contribution is -2.40. The van der Waals surface area contributed by atoms with Gasteiger partial charge in [0, 0.05) is 30.5 Å². The summed E-state index contributed by atoms with van der Waals surface area (Å²) in [5.41, 5.74) is 2.60. The summed E-state index contributed by atoms with van der Waals surface area (Å²) in [6.45, 7) is 5.29. The van der Waals surface area contributed by atoms with Crippen LogP contribution >= 0.6 is 22.9 Å². The summed E-state index contributed by atoms with van der Waals surface area (Å²) in [7, 11) is 0. The van der Waals surface area contributed by atoms with E-state index in [1.807, 2.05) is 30.2 Å². The number of carbonyl (C=O) groups excluding carboxylic acids is 1. The van der Waals surface area contributed by atoms with Crippen molar-refractivity contribution < 1.29 is 9.32 Å². The van der Waals surface area contributed by atoms with Gasteiger partial charge in [-0.3, -0.25) is 4.79 Å². The number of hydrogen-bond donors (Lipinski definition) is 0. The zero-order valence-electron chi connectivity index (χ0n) is 14.6. The monoisotopic (exact) mass is 389 g/mol. The molecule has 1 amide bonds. The first kappa shape index (κ1) is 17.3. The number of thiazole rings is 1. The molecule has 4 heterocycles. The Balaban J connectivity index is 1.49. The molecule has 26 heavy (non-hydrogen) atoms. The van der Waals surface area contributed by atoms with Crippen molar-refractivity contribution in [1.82, 2.24) is 24.6 Å². The second-order valence-corrected chi connectivity index (χ2v) is 8.35. The van der Waals surface area contributed by atoms with Crippen LogP contribution in [0.1, 0.15) is 40.8 Å². The molecule has 0 bridgehead atoms. The van der Waals surface area contributed by atoms with Crippen LogP contribution in [-0.4, -0.2) is 43.6 Å². The lowest BCUT2D eigenvalue weighted by Gasteiger charge is -2.32. The first-order valence-corrected chi connectivity index (χ1v) is 10.2. The van der Waals surface area contributed by atoms with E-state index in [2.05, 4.69) is 19.7 Å². The molecule has 0 aliphatic carbocycles. The lowest BCUT2D eigenvalue weighted by molar-refractivity contribution is -0.131. The van der Waals surface area contributed by atoms with E-state index in [4.69, 9.17) is 4.52 Å². The van der Waals surface area contributed by atoms with Gasteiger partial charge in [0.05, 0.1) is 28.5 Å². The molecule has 0 saturated carbocycles. The topological polar surface area (TPSA) is 85.0 Å². The number of amides is 1. The molecule has 1 aliphatic heterocycles. The van der Waals surface area contributed by atoms with Gasteiger partial charge in [0.25, 0.3) is 0 Å². The first-order chi connectivity index (χ1) is 12.6. The average Bonchev–Trinajstić information content (AvgIpc) is 3.36. The minimum Gasteiger partial charge on any atom is -0.355 e. The SMILES string of the molecule is Cc1cc(-c2snnc2[C@@H]2CCCN(C(=O)Cc3csc(C)n3)C2)on1. The number of aryl methyl sites for hydroxylation is 2. The van der Waals surface area contributed by atoms with Gasteiger partial charge in [-0.25, -0.2) is 4.98 Å². The smallest absolute Gasteiger partial charge is 0.228 e.